The van der Waals surface area contributed by atoms with E-state index in [2.05, 4.69) is 0 Å². The number of nitrogens with zero attached hydrogens (tertiary/aromatic N) is 1. The molecule has 0 aliphatic heterocycles. The zero-order valence-corrected chi connectivity index (χ0v) is 11.2. The Labute approximate surface area is 123 Å². The number of hydrogen-bond donors (Lipinski definition) is 0. The number of rotatable bonds is 3. The molecule has 0 amide bonds. The Bertz CT molecular complexity index is 735. The molecule has 0 aliphatic carbocycles. The van der Waals surface area contributed by atoms with E-state index in [9.17, 15) is 17.6 Å². The van der Waals surface area contributed by atoms with Gasteiger partial charge in [-0.05, 0) is 30.3 Å². The highest BCUT2D eigenvalue weighted by atomic mass is 19.4. The quantitative estimate of drug-likeness (QED) is 0.783. The number of benzene rings is 2. The highest BCUT2D eigenvalue weighted by Gasteiger charge is 2.34. The molecule has 2 rings (SSSR count). The molecule has 3 nitrogen and oxygen atoms in total. The van der Waals surface area contributed by atoms with Crippen LogP contribution in [0.4, 0.5) is 17.6 Å². The Hall–Kier alpha value is -2.75. The Morgan fingerprint density at radius 2 is 1.86 bits per heavy atom. The van der Waals surface area contributed by atoms with Crippen molar-refractivity contribution >= 4 is 0 Å². The summed E-state index contributed by atoms with van der Waals surface area (Å²) in [5.74, 6) is -1.33. The fraction of sp³-hybridized carbons (Fsp3) is 0.133. The zero-order chi connectivity index (χ0) is 16.3. The second-order valence-corrected chi connectivity index (χ2v) is 4.19. The van der Waals surface area contributed by atoms with E-state index in [4.69, 9.17) is 14.7 Å². The summed E-state index contributed by atoms with van der Waals surface area (Å²) < 4.78 is 62.4. The van der Waals surface area contributed by atoms with Gasteiger partial charge in [0.1, 0.15) is 5.75 Å². The molecule has 7 heteroatoms. The molecule has 0 N–H and O–H groups in total. The average Bonchev–Trinajstić information content (AvgIpc) is 2.48. The van der Waals surface area contributed by atoms with Crippen LogP contribution in [0.15, 0.2) is 36.4 Å². The van der Waals surface area contributed by atoms with Gasteiger partial charge >= 0.3 is 6.18 Å². The van der Waals surface area contributed by atoms with Gasteiger partial charge in [-0.1, -0.05) is 6.07 Å². The lowest BCUT2D eigenvalue weighted by Gasteiger charge is -2.13. The van der Waals surface area contributed by atoms with Gasteiger partial charge in [0.25, 0.3) is 0 Å². The van der Waals surface area contributed by atoms with Crippen molar-refractivity contribution < 1.29 is 27.0 Å². The molecule has 0 spiro atoms. The third-order valence-corrected chi connectivity index (χ3v) is 2.79. The molecular weight excluding hydrogens is 302 g/mol. The van der Waals surface area contributed by atoms with Gasteiger partial charge in [-0.3, -0.25) is 0 Å². The van der Waals surface area contributed by atoms with Crippen LogP contribution in [0.1, 0.15) is 11.1 Å². The molecule has 0 bridgehead atoms. The molecule has 0 heterocycles. The van der Waals surface area contributed by atoms with E-state index in [0.717, 1.165) is 18.2 Å². The van der Waals surface area contributed by atoms with Crippen LogP contribution < -0.4 is 9.47 Å². The molecule has 0 atom stereocenters. The molecular formula is C15H9F4NO2. The number of hydrogen-bond acceptors (Lipinski definition) is 3. The van der Waals surface area contributed by atoms with E-state index >= 15 is 0 Å². The minimum absolute atomic E-state index is 0.0397. The van der Waals surface area contributed by atoms with Gasteiger partial charge in [0.2, 0.25) is 5.75 Å². The van der Waals surface area contributed by atoms with Crippen LogP contribution in [-0.2, 0) is 6.18 Å². The topological polar surface area (TPSA) is 42.2 Å². The summed E-state index contributed by atoms with van der Waals surface area (Å²) in [6.07, 6.45) is -4.72. The summed E-state index contributed by atoms with van der Waals surface area (Å²) in [5.41, 5.74) is -1.69. The van der Waals surface area contributed by atoms with Crippen molar-refractivity contribution in [1.82, 2.24) is 0 Å². The Morgan fingerprint density at radius 1 is 1.14 bits per heavy atom. The summed E-state index contributed by atoms with van der Waals surface area (Å²) in [4.78, 5) is 0. The summed E-state index contributed by atoms with van der Waals surface area (Å²) in [6, 6.07) is 8.09. The molecule has 2 aromatic rings. The summed E-state index contributed by atoms with van der Waals surface area (Å²) in [7, 11) is 1.28. The van der Waals surface area contributed by atoms with Crippen molar-refractivity contribution in [2.75, 3.05) is 7.11 Å². The van der Waals surface area contributed by atoms with E-state index in [1.807, 2.05) is 0 Å². The highest BCUT2D eigenvalue weighted by Crippen LogP contribution is 2.38. The lowest BCUT2D eigenvalue weighted by atomic mass is 10.1. The molecule has 0 radical (unpaired) electrons. The predicted molar refractivity (Wildman–Crippen MR) is 69.2 cm³/mol. The number of methoxy groups -OCH3 is 1. The van der Waals surface area contributed by atoms with Crippen molar-refractivity contribution in [3.05, 3.63) is 53.3 Å². The molecule has 0 fully saturated rings. The molecule has 2 aromatic carbocycles. The zero-order valence-electron chi connectivity index (χ0n) is 11.2. The maximum Gasteiger partial charge on any atom is 0.417 e. The standard InChI is InChI=1S/C15H9F4NO2/c1-21-13-4-2-3-12(16)14(13)22-10-6-5-9(8-20)11(7-10)15(17,18)19/h2-7H,1H3. The van der Waals surface area contributed by atoms with Gasteiger partial charge in [0, 0.05) is 0 Å². The van der Waals surface area contributed by atoms with Gasteiger partial charge in [0.15, 0.2) is 11.6 Å². The SMILES string of the molecule is COc1cccc(F)c1Oc1ccc(C#N)c(C(F)(F)F)c1. The first-order valence-corrected chi connectivity index (χ1v) is 5.98. The number of alkyl halides is 3. The fourth-order valence-corrected chi connectivity index (χ4v) is 1.79. The third kappa shape index (κ3) is 3.11. The maximum absolute atomic E-state index is 13.7. The molecule has 22 heavy (non-hydrogen) atoms. The maximum atomic E-state index is 13.7. The van der Waals surface area contributed by atoms with E-state index < -0.39 is 23.1 Å². The molecule has 0 aromatic heterocycles. The molecule has 0 saturated carbocycles. The van der Waals surface area contributed by atoms with E-state index in [1.54, 1.807) is 0 Å². The monoisotopic (exact) mass is 311 g/mol. The van der Waals surface area contributed by atoms with Gasteiger partial charge in [0.05, 0.1) is 24.3 Å². The van der Waals surface area contributed by atoms with Crippen LogP contribution in [0.25, 0.3) is 0 Å². The average molecular weight is 311 g/mol. The lowest BCUT2D eigenvalue weighted by molar-refractivity contribution is -0.137. The number of halogens is 4. The summed E-state index contributed by atoms with van der Waals surface area (Å²) in [5, 5.41) is 8.72. The molecule has 0 aliphatic rings. The molecule has 114 valence electrons. The Balaban J connectivity index is 2.46. The van der Waals surface area contributed by atoms with Crippen molar-refractivity contribution in [3.8, 4) is 23.3 Å². The molecule has 0 saturated heterocycles. The number of ether oxygens (including phenoxy) is 2. The minimum atomic E-state index is -4.72. The van der Waals surface area contributed by atoms with Crippen LogP contribution in [0.3, 0.4) is 0 Å². The first-order chi connectivity index (χ1) is 10.4. The van der Waals surface area contributed by atoms with Crippen LogP contribution >= 0.6 is 0 Å². The van der Waals surface area contributed by atoms with E-state index in [0.29, 0.717) is 6.07 Å². The first kappa shape index (κ1) is 15.6. The van der Waals surface area contributed by atoms with Crippen molar-refractivity contribution in [1.29, 1.82) is 5.26 Å². The summed E-state index contributed by atoms with van der Waals surface area (Å²) >= 11 is 0. The highest BCUT2D eigenvalue weighted by molar-refractivity contribution is 5.48. The van der Waals surface area contributed by atoms with Crippen LogP contribution in [0, 0.1) is 17.1 Å². The van der Waals surface area contributed by atoms with Gasteiger partial charge in [-0.15, -0.1) is 0 Å². The normalized spacial score (nSPS) is 10.9. The fourth-order valence-electron chi connectivity index (χ4n) is 1.79. The largest absolute Gasteiger partial charge is 0.493 e. The third-order valence-electron chi connectivity index (χ3n) is 2.79. The number of para-hydroxylation sites is 1. The molecule has 0 unspecified atom stereocenters. The lowest BCUT2D eigenvalue weighted by Crippen LogP contribution is -2.08. The predicted octanol–water partition coefficient (Wildman–Crippen LogP) is 4.52. The van der Waals surface area contributed by atoms with Gasteiger partial charge in [-0.2, -0.15) is 18.4 Å². The second kappa shape index (κ2) is 5.93. The van der Waals surface area contributed by atoms with Gasteiger partial charge < -0.3 is 9.47 Å². The first-order valence-electron chi connectivity index (χ1n) is 5.98. The Kier molecular flexibility index (Phi) is 4.22. The second-order valence-electron chi connectivity index (χ2n) is 4.19. The van der Waals surface area contributed by atoms with Crippen LogP contribution in [0.5, 0.6) is 17.2 Å². The van der Waals surface area contributed by atoms with Crippen LogP contribution in [-0.4, -0.2) is 7.11 Å². The van der Waals surface area contributed by atoms with Gasteiger partial charge in [-0.25, -0.2) is 4.39 Å². The van der Waals surface area contributed by atoms with Crippen molar-refractivity contribution in [3.63, 3.8) is 0 Å². The van der Waals surface area contributed by atoms with Crippen molar-refractivity contribution in [2.45, 2.75) is 6.18 Å². The Morgan fingerprint density at radius 3 is 2.45 bits per heavy atom. The number of nitriles is 1. The van der Waals surface area contributed by atoms with E-state index in [-0.39, 0.29) is 17.2 Å². The summed E-state index contributed by atoms with van der Waals surface area (Å²) in [6.45, 7) is 0. The van der Waals surface area contributed by atoms with Crippen molar-refractivity contribution in [2.24, 2.45) is 0 Å². The smallest absolute Gasteiger partial charge is 0.417 e. The van der Waals surface area contributed by atoms with E-state index in [1.165, 1.54) is 25.3 Å². The van der Waals surface area contributed by atoms with Crippen LogP contribution in [0.2, 0.25) is 0 Å². The minimum Gasteiger partial charge on any atom is -0.493 e.